The first kappa shape index (κ1) is 17.2. The maximum atomic E-state index is 12.5. The summed E-state index contributed by atoms with van der Waals surface area (Å²) in [5.74, 6) is -0.188. The molecular formula is C13H18Cl2N2O3. The Balaban J connectivity index is 2.82. The lowest BCUT2D eigenvalue weighted by Gasteiger charge is -2.22. The zero-order valence-corrected chi connectivity index (χ0v) is 13.1. The van der Waals surface area contributed by atoms with Gasteiger partial charge in [-0.3, -0.25) is 4.79 Å². The second-order valence-electron chi connectivity index (χ2n) is 4.12. The number of nitrogens with zero attached hydrogens (tertiary/aromatic N) is 2. The second kappa shape index (κ2) is 9.13. The molecule has 0 atom stereocenters. The quantitative estimate of drug-likeness (QED) is 0.545. The van der Waals surface area contributed by atoms with Crippen LogP contribution in [0.25, 0.3) is 0 Å². The summed E-state index contributed by atoms with van der Waals surface area (Å²) in [6, 6.07) is 1.47. The van der Waals surface area contributed by atoms with Gasteiger partial charge in [-0.1, -0.05) is 23.2 Å². The number of pyridine rings is 1. The van der Waals surface area contributed by atoms with Gasteiger partial charge in [-0.25, -0.2) is 4.98 Å². The molecule has 0 aliphatic rings. The van der Waals surface area contributed by atoms with Gasteiger partial charge in [0.25, 0.3) is 5.91 Å². The van der Waals surface area contributed by atoms with Crippen LogP contribution in [0.15, 0.2) is 12.3 Å². The minimum atomic E-state index is -0.188. The predicted molar refractivity (Wildman–Crippen MR) is 78.5 cm³/mol. The highest BCUT2D eigenvalue weighted by molar-refractivity contribution is 6.35. The summed E-state index contributed by atoms with van der Waals surface area (Å²) in [7, 11) is 3.22. The fraction of sp³-hybridized carbons (Fsp3) is 0.538. The van der Waals surface area contributed by atoms with Crippen LogP contribution >= 0.6 is 23.2 Å². The van der Waals surface area contributed by atoms with Crippen molar-refractivity contribution in [2.75, 3.05) is 40.5 Å². The molecule has 1 heterocycles. The van der Waals surface area contributed by atoms with Crippen LogP contribution in [0.1, 0.15) is 16.8 Å². The summed E-state index contributed by atoms with van der Waals surface area (Å²) >= 11 is 11.8. The minimum Gasteiger partial charge on any atom is -0.385 e. The molecule has 0 saturated heterocycles. The summed E-state index contributed by atoms with van der Waals surface area (Å²) in [6.45, 7) is 2.08. The number of carbonyl (C=O) groups is 1. The largest absolute Gasteiger partial charge is 0.385 e. The minimum absolute atomic E-state index is 0.188. The summed E-state index contributed by atoms with van der Waals surface area (Å²) in [5.41, 5.74) is 0.347. The first-order chi connectivity index (χ1) is 9.60. The van der Waals surface area contributed by atoms with E-state index in [0.717, 1.165) is 6.42 Å². The molecule has 0 saturated carbocycles. The van der Waals surface area contributed by atoms with Crippen LogP contribution in [-0.4, -0.2) is 56.3 Å². The summed E-state index contributed by atoms with van der Waals surface area (Å²) in [6.07, 6.45) is 2.11. The highest BCUT2D eigenvalue weighted by atomic mass is 35.5. The van der Waals surface area contributed by atoms with E-state index in [9.17, 15) is 4.79 Å². The number of amides is 1. The molecule has 1 amide bonds. The second-order valence-corrected chi connectivity index (χ2v) is 4.91. The van der Waals surface area contributed by atoms with Crippen molar-refractivity contribution in [2.24, 2.45) is 0 Å². The number of rotatable bonds is 8. The van der Waals surface area contributed by atoms with Crippen LogP contribution in [0.3, 0.4) is 0 Å². The maximum absolute atomic E-state index is 12.5. The molecule has 0 aliphatic carbocycles. The standard InChI is InChI=1S/C13H18Cl2N2O3/c1-19-6-3-4-17(5-7-20-2)13(18)10-8-12(15)16-9-11(10)14/h8-9H,3-7H2,1-2H3. The Morgan fingerprint density at radius 2 is 1.95 bits per heavy atom. The molecule has 112 valence electrons. The number of hydrogen-bond acceptors (Lipinski definition) is 4. The van der Waals surface area contributed by atoms with Crippen molar-refractivity contribution < 1.29 is 14.3 Å². The van der Waals surface area contributed by atoms with Gasteiger partial charge in [0.1, 0.15) is 5.15 Å². The SMILES string of the molecule is COCCCN(CCOC)C(=O)c1cc(Cl)ncc1Cl. The smallest absolute Gasteiger partial charge is 0.255 e. The van der Waals surface area contributed by atoms with Crippen molar-refractivity contribution in [3.8, 4) is 0 Å². The van der Waals surface area contributed by atoms with Crippen LogP contribution in [-0.2, 0) is 9.47 Å². The summed E-state index contributed by atoms with van der Waals surface area (Å²) in [4.78, 5) is 18.0. The summed E-state index contributed by atoms with van der Waals surface area (Å²) in [5, 5.41) is 0.523. The van der Waals surface area contributed by atoms with Gasteiger partial charge in [0, 0.05) is 40.1 Å². The van der Waals surface area contributed by atoms with Crippen molar-refractivity contribution in [1.82, 2.24) is 9.88 Å². The first-order valence-corrected chi connectivity index (χ1v) is 6.94. The van der Waals surface area contributed by atoms with E-state index >= 15 is 0 Å². The molecule has 7 heteroatoms. The van der Waals surface area contributed by atoms with Gasteiger partial charge in [0.2, 0.25) is 0 Å². The van der Waals surface area contributed by atoms with E-state index in [1.165, 1.54) is 12.3 Å². The zero-order valence-electron chi connectivity index (χ0n) is 11.6. The van der Waals surface area contributed by atoms with Crippen LogP contribution in [0, 0.1) is 0 Å². The third kappa shape index (κ3) is 5.25. The Labute approximate surface area is 128 Å². The molecule has 0 fully saturated rings. The lowest BCUT2D eigenvalue weighted by atomic mass is 10.2. The van der Waals surface area contributed by atoms with Crippen molar-refractivity contribution in [3.63, 3.8) is 0 Å². The Morgan fingerprint density at radius 1 is 1.25 bits per heavy atom. The number of hydrogen-bond donors (Lipinski definition) is 0. The van der Waals surface area contributed by atoms with E-state index in [0.29, 0.717) is 31.9 Å². The predicted octanol–water partition coefficient (Wildman–Crippen LogP) is 2.51. The lowest BCUT2D eigenvalue weighted by Crippen LogP contribution is -2.35. The average Bonchev–Trinajstić information content (AvgIpc) is 2.44. The topological polar surface area (TPSA) is 51.7 Å². The molecule has 5 nitrogen and oxygen atoms in total. The number of ether oxygens (including phenoxy) is 2. The van der Waals surface area contributed by atoms with E-state index in [2.05, 4.69) is 4.98 Å². The first-order valence-electron chi connectivity index (χ1n) is 6.18. The van der Waals surface area contributed by atoms with E-state index in [1.54, 1.807) is 19.1 Å². The molecule has 0 unspecified atom stereocenters. The average molecular weight is 321 g/mol. The molecule has 20 heavy (non-hydrogen) atoms. The van der Waals surface area contributed by atoms with Gasteiger partial charge in [-0.2, -0.15) is 0 Å². The third-order valence-electron chi connectivity index (χ3n) is 2.68. The van der Waals surface area contributed by atoms with Gasteiger partial charge in [-0.05, 0) is 12.5 Å². The Kier molecular flexibility index (Phi) is 7.84. The molecule has 0 spiro atoms. The van der Waals surface area contributed by atoms with Gasteiger partial charge >= 0.3 is 0 Å². The Bertz CT molecular complexity index is 444. The molecule has 0 aliphatic heterocycles. The van der Waals surface area contributed by atoms with Gasteiger partial charge in [-0.15, -0.1) is 0 Å². The maximum Gasteiger partial charge on any atom is 0.255 e. The number of halogens is 2. The lowest BCUT2D eigenvalue weighted by molar-refractivity contribution is 0.0674. The Hall–Kier alpha value is -0.880. The van der Waals surface area contributed by atoms with E-state index < -0.39 is 0 Å². The normalized spacial score (nSPS) is 10.6. The van der Waals surface area contributed by atoms with Crippen molar-refractivity contribution in [3.05, 3.63) is 28.0 Å². The number of aromatic nitrogens is 1. The monoisotopic (exact) mass is 320 g/mol. The van der Waals surface area contributed by atoms with Gasteiger partial charge in [0.05, 0.1) is 17.2 Å². The Morgan fingerprint density at radius 3 is 2.60 bits per heavy atom. The van der Waals surface area contributed by atoms with Crippen LogP contribution in [0.2, 0.25) is 10.2 Å². The number of methoxy groups -OCH3 is 2. The molecule has 0 radical (unpaired) electrons. The molecule has 1 aromatic rings. The van der Waals surface area contributed by atoms with Crippen LogP contribution in [0.4, 0.5) is 0 Å². The molecule has 1 aromatic heterocycles. The van der Waals surface area contributed by atoms with Crippen molar-refractivity contribution in [1.29, 1.82) is 0 Å². The van der Waals surface area contributed by atoms with E-state index in [1.807, 2.05) is 0 Å². The molecule has 1 rings (SSSR count). The molecule has 0 bridgehead atoms. The van der Waals surface area contributed by atoms with Crippen molar-refractivity contribution >= 4 is 29.1 Å². The van der Waals surface area contributed by atoms with Gasteiger partial charge < -0.3 is 14.4 Å². The molecule has 0 N–H and O–H groups in total. The van der Waals surface area contributed by atoms with E-state index in [-0.39, 0.29) is 16.1 Å². The van der Waals surface area contributed by atoms with Crippen LogP contribution < -0.4 is 0 Å². The highest BCUT2D eigenvalue weighted by Gasteiger charge is 2.18. The number of carbonyl (C=O) groups excluding carboxylic acids is 1. The fourth-order valence-electron chi connectivity index (χ4n) is 1.66. The zero-order chi connectivity index (χ0) is 15.0. The molecule has 0 aromatic carbocycles. The summed E-state index contributed by atoms with van der Waals surface area (Å²) < 4.78 is 10.0. The van der Waals surface area contributed by atoms with Crippen LogP contribution in [0.5, 0.6) is 0 Å². The fourth-order valence-corrected chi connectivity index (χ4v) is 2.01. The van der Waals surface area contributed by atoms with E-state index in [4.69, 9.17) is 32.7 Å². The van der Waals surface area contributed by atoms with Crippen molar-refractivity contribution in [2.45, 2.75) is 6.42 Å². The van der Waals surface area contributed by atoms with Gasteiger partial charge in [0.15, 0.2) is 0 Å². The highest BCUT2D eigenvalue weighted by Crippen LogP contribution is 2.20. The molecular weight excluding hydrogens is 303 g/mol. The third-order valence-corrected chi connectivity index (χ3v) is 3.19.